The van der Waals surface area contributed by atoms with Crippen molar-refractivity contribution in [2.75, 3.05) is 19.0 Å². The maximum absolute atomic E-state index is 3.54. The van der Waals surface area contributed by atoms with Gasteiger partial charge in [0, 0.05) is 45.8 Å². The first kappa shape index (κ1) is 13.9. The standard InChI is InChI=1S/C16H14BrIN2/c1-19(2)14-5-3-11(4-6-14)12-7-16-15(18)8-13(17)10-20(16)9-12/h3-10H,1-2H3. The summed E-state index contributed by atoms with van der Waals surface area (Å²) in [7, 11) is 4.11. The lowest BCUT2D eigenvalue weighted by Gasteiger charge is -2.12. The number of halogens is 2. The van der Waals surface area contributed by atoms with Gasteiger partial charge in [-0.25, -0.2) is 0 Å². The van der Waals surface area contributed by atoms with Gasteiger partial charge in [-0.2, -0.15) is 0 Å². The van der Waals surface area contributed by atoms with Crippen molar-refractivity contribution in [2.45, 2.75) is 0 Å². The minimum absolute atomic E-state index is 1.10. The second kappa shape index (κ2) is 5.41. The van der Waals surface area contributed by atoms with Crippen molar-refractivity contribution in [3.8, 4) is 11.1 Å². The van der Waals surface area contributed by atoms with Gasteiger partial charge in [-0.05, 0) is 68.3 Å². The average molecular weight is 441 g/mol. The summed E-state index contributed by atoms with van der Waals surface area (Å²) in [6.07, 6.45) is 4.27. The molecule has 0 atom stereocenters. The Bertz CT molecular complexity index is 760. The average Bonchev–Trinajstić information content (AvgIpc) is 2.83. The van der Waals surface area contributed by atoms with Gasteiger partial charge in [0.2, 0.25) is 0 Å². The number of anilines is 1. The molecule has 3 rings (SSSR count). The van der Waals surface area contributed by atoms with Gasteiger partial charge in [0.1, 0.15) is 0 Å². The third-order valence-electron chi connectivity index (χ3n) is 3.34. The molecule has 0 N–H and O–H groups in total. The lowest BCUT2D eigenvalue weighted by atomic mass is 10.1. The molecular formula is C16H14BrIN2. The van der Waals surface area contributed by atoms with E-state index >= 15 is 0 Å². The molecule has 20 heavy (non-hydrogen) atoms. The molecule has 0 radical (unpaired) electrons. The lowest BCUT2D eigenvalue weighted by molar-refractivity contribution is 1.13. The van der Waals surface area contributed by atoms with Crippen LogP contribution in [0.3, 0.4) is 0 Å². The first-order chi connectivity index (χ1) is 9.54. The number of hydrogen-bond donors (Lipinski definition) is 0. The fourth-order valence-electron chi connectivity index (χ4n) is 2.25. The summed E-state index contributed by atoms with van der Waals surface area (Å²) in [5, 5.41) is 0. The fraction of sp³-hybridized carbons (Fsp3) is 0.125. The molecule has 0 amide bonds. The van der Waals surface area contributed by atoms with Crippen molar-refractivity contribution in [3.05, 3.63) is 56.8 Å². The van der Waals surface area contributed by atoms with Gasteiger partial charge in [-0.1, -0.05) is 12.1 Å². The third-order valence-corrected chi connectivity index (χ3v) is 4.64. The van der Waals surface area contributed by atoms with Gasteiger partial charge in [-0.15, -0.1) is 0 Å². The van der Waals surface area contributed by atoms with Crippen LogP contribution in [0.15, 0.2) is 53.3 Å². The highest BCUT2D eigenvalue weighted by Crippen LogP contribution is 2.28. The van der Waals surface area contributed by atoms with Crippen LogP contribution in [0.2, 0.25) is 0 Å². The van der Waals surface area contributed by atoms with E-state index in [0.717, 1.165) is 4.47 Å². The maximum Gasteiger partial charge on any atom is 0.0590 e. The number of fused-ring (bicyclic) bond motifs is 1. The van der Waals surface area contributed by atoms with Crippen LogP contribution in [-0.4, -0.2) is 18.5 Å². The molecule has 102 valence electrons. The lowest BCUT2D eigenvalue weighted by Crippen LogP contribution is -2.07. The number of aromatic nitrogens is 1. The number of nitrogens with zero attached hydrogens (tertiary/aromatic N) is 2. The Balaban J connectivity index is 2.08. The van der Waals surface area contributed by atoms with Crippen LogP contribution in [0.25, 0.3) is 16.6 Å². The Labute approximate surface area is 140 Å². The van der Waals surface area contributed by atoms with Crippen LogP contribution >= 0.6 is 38.5 Å². The first-order valence-electron chi connectivity index (χ1n) is 6.29. The molecule has 2 nitrogen and oxygen atoms in total. The van der Waals surface area contributed by atoms with Crippen LogP contribution in [0.4, 0.5) is 5.69 Å². The first-order valence-corrected chi connectivity index (χ1v) is 8.16. The zero-order valence-electron chi connectivity index (χ0n) is 11.3. The van der Waals surface area contributed by atoms with E-state index < -0.39 is 0 Å². The predicted molar refractivity (Wildman–Crippen MR) is 97.6 cm³/mol. The molecule has 0 spiro atoms. The molecule has 0 saturated carbocycles. The normalized spacial score (nSPS) is 11.0. The van der Waals surface area contributed by atoms with E-state index in [9.17, 15) is 0 Å². The second-order valence-corrected chi connectivity index (χ2v) is 7.05. The quantitative estimate of drug-likeness (QED) is 0.506. The van der Waals surface area contributed by atoms with E-state index in [1.54, 1.807) is 0 Å². The number of pyridine rings is 1. The minimum Gasteiger partial charge on any atom is -0.378 e. The highest BCUT2D eigenvalue weighted by Gasteiger charge is 2.06. The largest absolute Gasteiger partial charge is 0.378 e. The molecule has 0 aliphatic carbocycles. The van der Waals surface area contributed by atoms with E-state index in [1.165, 1.54) is 25.9 Å². The summed E-state index contributed by atoms with van der Waals surface area (Å²) in [6.45, 7) is 0. The van der Waals surface area contributed by atoms with Gasteiger partial charge in [0.25, 0.3) is 0 Å². The predicted octanol–water partition coefficient (Wildman–Crippen LogP) is 5.04. The second-order valence-electron chi connectivity index (χ2n) is 4.97. The molecular weight excluding hydrogens is 427 g/mol. The van der Waals surface area contributed by atoms with Gasteiger partial charge in [0.15, 0.2) is 0 Å². The summed E-state index contributed by atoms with van der Waals surface area (Å²) in [4.78, 5) is 2.11. The van der Waals surface area contributed by atoms with Gasteiger partial charge >= 0.3 is 0 Å². The molecule has 4 heteroatoms. The van der Waals surface area contributed by atoms with Gasteiger partial charge < -0.3 is 9.30 Å². The highest BCUT2D eigenvalue weighted by molar-refractivity contribution is 14.1. The maximum atomic E-state index is 3.54. The molecule has 0 bridgehead atoms. The summed E-state index contributed by atoms with van der Waals surface area (Å²) in [6, 6.07) is 13.0. The van der Waals surface area contributed by atoms with Crippen molar-refractivity contribution in [1.82, 2.24) is 4.40 Å². The number of benzene rings is 1. The topological polar surface area (TPSA) is 7.65 Å². The number of hydrogen-bond acceptors (Lipinski definition) is 1. The van der Waals surface area contributed by atoms with Crippen molar-refractivity contribution in [1.29, 1.82) is 0 Å². The Morgan fingerprint density at radius 3 is 2.35 bits per heavy atom. The van der Waals surface area contributed by atoms with Crippen molar-refractivity contribution >= 4 is 49.7 Å². The van der Waals surface area contributed by atoms with Crippen molar-refractivity contribution in [3.63, 3.8) is 0 Å². The van der Waals surface area contributed by atoms with Crippen LogP contribution in [0.5, 0.6) is 0 Å². The zero-order chi connectivity index (χ0) is 14.3. The van der Waals surface area contributed by atoms with E-state index in [2.05, 4.69) is 111 Å². The summed E-state index contributed by atoms with van der Waals surface area (Å²) < 4.78 is 4.51. The van der Waals surface area contributed by atoms with E-state index in [1.807, 2.05) is 0 Å². The van der Waals surface area contributed by atoms with Crippen molar-refractivity contribution in [2.24, 2.45) is 0 Å². The van der Waals surface area contributed by atoms with Gasteiger partial charge in [0.05, 0.1) is 5.52 Å². The molecule has 3 aromatic rings. The van der Waals surface area contributed by atoms with E-state index in [-0.39, 0.29) is 0 Å². The zero-order valence-corrected chi connectivity index (χ0v) is 15.0. The van der Waals surface area contributed by atoms with Crippen LogP contribution in [0.1, 0.15) is 0 Å². The smallest absolute Gasteiger partial charge is 0.0590 e. The molecule has 0 aliphatic rings. The number of rotatable bonds is 2. The monoisotopic (exact) mass is 440 g/mol. The summed E-state index contributed by atoms with van der Waals surface area (Å²) >= 11 is 5.92. The molecule has 0 aliphatic heterocycles. The summed E-state index contributed by atoms with van der Waals surface area (Å²) in [5.74, 6) is 0. The SMILES string of the molecule is CN(C)c1ccc(-c2cc3c(I)cc(Br)cn3c2)cc1. The minimum atomic E-state index is 1.10. The Morgan fingerprint density at radius 1 is 1.00 bits per heavy atom. The van der Waals surface area contributed by atoms with E-state index in [4.69, 9.17) is 0 Å². The highest BCUT2D eigenvalue weighted by atomic mass is 127. The Kier molecular flexibility index (Phi) is 3.77. The van der Waals surface area contributed by atoms with Crippen LogP contribution < -0.4 is 4.90 Å². The van der Waals surface area contributed by atoms with Crippen LogP contribution in [-0.2, 0) is 0 Å². The van der Waals surface area contributed by atoms with Crippen molar-refractivity contribution < 1.29 is 0 Å². The molecule has 0 fully saturated rings. The fourth-order valence-corrected chi connectivity index (χ4v) is 3.90. The Morgan fingerprint density at radius 2 is 1.70 bits per heavy atom. The molecule has 2 aromatic heterocycles. The molecule has 2 heterocycles. The molecule has 0 unspecified atom stereocenters. The van der Waals surface area contributed by atoms with Gasteiger partial charge in [-0.3, -0.25) is 0 Å². The summed E-state index contributed by atoms with van der Waals surface area (Å²) in [5.41, 5.74) is 4.94. The molecule has 0 saturated heterocycles. The third kappa shape index (κ3) is 2.59. The van der Waals surface area contributed by atoms with Crippen LogP contribution in [0, 0.1) is 3.57 Å². The Hall–Kier alpha value is -1.01. The van der Waals surface area contributed by atoms with E-state index in [0.29, 0.717) is 0 Å². The molecule has 1 aromatic carbocycles.